The lowest BCUT2D eigenvalue weighted by atomic mass is 10.0. The number of rotatable bonds is 4. The molecule has 1 nitrogen and oxygen atoms in total. The van der Waals surface area contributed by atoms with Crippen LogP contribution in [0.5, 0.6) is 0 Å². The Hall–Kier alpha value is -1.38. The quantitative estimate of drug-likeness (QED) is 0.816. The van der Waals surface area contributed by atoms with Gasteiger partial charge in [0, 0.05) is 12.1 Å². The summed E-state index contributed by atoms with van der Waals surface area (Å²) in [4.78, 5) is 0. The van der Waals surface area contributed by atoms with Gasteiger partial charge in [-0.3, -0.25) is 0 Å². The standard InChI is InChI=1S/C17H19ClFN/c1-11-4-6-14(7-5-11)12(2)20-13(3)15-8-9-17(19)16(18)10-15/h4-10,12-13,20H,1-3H3/t12-,13?/m1/s1. The van der Waals surface area contributed by atoms with Crippen molar-refractivity contribution in [3.05, 3.63) is 70.0 Å². The molecule has 1 N–H and O–H groups in total. The fourth-order valence-electron chi connectivity index (χ4n) is 2.20. The maximum Gasteiger partial charge on any atom is 0.141 e. The molecule has 2 atom stereocenters. The monoisotopic (exact) mass is 291 g/mol. The molecule has 0 spiro atoms. The smallest absolute Gasteiger partial charge is 0.141 e. The molecule has 1 unspecified atom stereocenters. The van der Waals surface area contributed by atoms with Gasteiger partial charge >= 0.3 is 0 Å². The molecule has 0 heterocycles. The largest absolute Gasteiger partial charge is 0.304 e. The first kappa shape index (κ1) is 15.0. The highest BCUT2D eigenvalue weighted by atomic mass is 35.5. The molecule has 0 saturated carbocycles. The third-order valence-corrected chi connectivity index (χ3v) is 3.81. The zero-order valence-corrected chi connectivity index (χ0v) is 12.7. The van der Waals surface area contributed by atoms with Crippen molar-refractivity contribution < 1.29 is 4.39 Å². The Balaban J connectivity index is 2.08. The number of hydrogen-bond donors (Lipinski definition) is 1. The molecule has 0 aliphatic heterocycles. The molecule has 106 valence electrons. The van der Waals surface area contributed by atoms with Gasteiger partial charge in [-0.15, -0.1) is 0 Å². The second-order valence-electron chi connectivity index (χ2n) is 5.19. The van der Waals surface area contributed by atoms with E-state index in [0.29, 0.717) is 0 Å². The van der Waals surface area contributed by atoms with Gasteiger partial charge in [-0.05, 0) is 44.0 Å². The number of halogens is 2. The molecule has 0 fully saturated rings. The Labute approximate surface area is 124 Å². The molecule has 2 aromatic rings. The predicted molar refractivity (Wildman–Crippen MR) is 82.6 cm³/mol. The Morgan fingerprint density at radius 3 is 2.10 bits per heavy atom. The van der Waals surface area contributed by atoms with Crippen molar-refractivity contribution in [1.29, 1.82) is 0 Å². The summed E-state index contributed by atoms with van der Waals surface area (Å²) < 4.78 is 13.2. The molecule has 0 amide bonds. The van der Waals surface area contributed by atoms with Crippen molar-refractivity contribution in [2.45, 2.75) is 32.9 Å². The summed E-state index contributed by atoms with van der Waals surface area (Å²) >= 11 is 5.83. The van der Waals surface area contributed by atoms with E-state index < -0.39 is 0 Å². The lowest BCUT2D eigenvalue weighted by Crippen LogP contribution is -2.22. The summed E-state index contributed by atoms with van der Waals surface area (Å²) in [6.07, 6.45) is 0. The van der Waals surface area contributed by atoms with Gasteiger partial charge < -0.3 is 5.32 Å². The van der Waals surface area contributed by atoms with Crippen LogP contribution in [-0.2, 0) is 0 Å². The van der Waals surface area contributed by atoms with Crippen LogP contribution >= 0.6 is 11.6 Å². The van der Waals surface area contributed by atoms with Crippen LogP contribution in [-0.4, -0.2) is 0 Å². The van der Waals surface area contributed by atoms with Crippen molar-refractivity contribution in [3.63, 3.8) is 0 Å². The number of aryl methyl sites for hydroxylation is 1. The van der Waals surface area contributed by atoms with Crippen molar-refractivity contribution in [1.82, 2.24) is 5.32 Å². The topological polar surface area (TPSA) is 12.0 Å². The second kappa shape index (κ2) is 6.38. The number of nitrogens with one attached hydrogen (secondary N) is 1. The molecule has 0 radical (unpaired) electrons. The zero-order valence-electron chi connectivity index (χ0n) is 12.0. The Morgan fingerprint density at radius 1 is 0.950 bits per heavy atom. The highest BCUT2D eigenvalue weighted by Gasteiger charge is 2.12. The van der Waals surface area contributed by atoms with Gasteiger partial charge in [0.05, 0.1) is 5.02 Å². The minimum Gasteiger partial charge on any atom is -0.304 e. The van der Waals surface area contributed by atoms with Gasteiger partial charge in [0.2, 0.25) is 0 Å². The summed E-state index contributed by atoms with van der Waals surface area (Å²) in [5.41, 5.74) is 3.46. The van der Waals surface area contributed by atoms with Crippen LogP contribution in [0.3, 0.4) is 0 Å². The van der Waals surface area contributed by atoms with Gasteiger partial charge in [0.25, 0.3) is 0 Å². The van der Waals surface area contributed by atoms with Crippen LogP contribution in [0.4, 0.5) is 4.39 Å². The van der Waals surface area contributed by atoms with Crippen LogP contribution in [0.15, 0.2) is 42.5 Å². The van der Waals surface area contributed by atoms with Crippen LogP contribution in [0.2, 0.25) is 5.02 Å². The first-order chi connectivity index (χ1) is 9.47. The zero-order chi connectivity index (χ0) is 14.7. The van der Waals surface area contributed by atoms with E-state index in [4.69, 9.17) is 11.6 Å². The molecule has 0 aliphatic rings. The van der Waals surface area contributed by atoms with Crippen LogP contribution in [0.25, 0.3) is 0 Å². The van der Waals surface area contributed by atoms with Crippen molar-refractivity contribution >= 4 is 11.6 Å². The molecule has 0 bridgehead atoms. The van der Waals surface area contributed by atoms with Gasteiger partial charge in [0.1, 0.15) is 5.82 Å². The highest BCUT2D eigenvalue weighted by molar-refractivity contribution is 6.30. The average Bonchev–Trinajstić information content (AvgIpc) is 2.42. The average molecular weight is 292 g/mol. The van der Waals surface area contributed by atoms with E-state index in [9.17, 15) is 4.39 Å². The van der Waals surface area contributed by atoms with E-state index in [1.54, 1.807) is 12.1 Å². The van der Waals surface area contributed by atoms with E-state index in [0.717, 1.165) is 5.56 Å². The highest BCUT2D eigenvalue weighted by Crippen LogP contribution is 2.23. The Bertz CT molecular complexity index is 580. The van der Waals surface area contributed by atoms with Crippen LogP contribution in [0, 0.1) is 12.7 Å². The summed E-state index contributed by atoms with van der Waals surface area (Å²) in [5.74, 6) is -0.380. The van der Waals surface area contributed by atoms with E-state index >= 15 is 0 Å². The number of benzene rings is 2. The second-order valence-corrected chi connectivity index (χ2v) is 5.60. The molecule has 0 saturated heterocycles. The van der Waals surface area contributed by atoms with Crippen molar-refractivity contribution in [3.8, 4) is 0 Å². The molecule has 20 heavy (non-hydrogen) atoms. The first-order valence-corrected chi connectivity index (χ1v) is 7.12. The summed E-state index contributed by atoms with van der Waals surface area (Å²) in [6.45, 7) is 6.24. The van der Waals surface area contributed by atoms with E-state index in [2.05, 4.69) is 43.4 Å². The summed E-state index contributed by atoms with van der Waals surface area (Å²) in [6, 6.07) is 13.6. The Morgan fingerprint density at radius 2 is 1.50 bits per heavy atom. The maximum absolute atomic E-state index is 13.2. The minimum absolute atomic E-state index is 0.101. The lowest BCUT2D eigenvalue weighted by Gasteiger charge is -2.21. The summed E-state index contributed by atoms with van der Waals surface area (Å²) in [5, 5.41) is 3.66. The minimum atomic E-state index is -0.380. The molecule has 0 aliphatic carbocycles. The van der Waals surface area contributed by atoms with E-state index in [1.807, 2.05) is 6.92 Å². The molecule has 0 aromatic heterocycles. The third-order valence-electron chi connectivity index (χ3n) is 3.52. The first-order valence-electron chi connectivity index (χ1n) is 6.75. The molecule has 3 heteroatoms. The van der Waals surface area contributed by atoms with Gasteiger partial charge in [-0.1, -0.05) is 47.5 Å². The molecular weight excluding hydrogens is 273 g/mol. The Kier molecular flexibility index (Phi) is 4.79. The maximum atomic E-state index is 13.2. The van der Waals surface area contributed by atoms with Crippen molar-refractivity contribution in [2.75, 3.05) is 0 Å². The van der Waals surface area contributed by atoms with Crippen LogP contribution in [0.1, 0.15) is 42.6 Å². The molecule has 2 rings (SSSR count). The van der Waals surface area contributed by atoms with Gasteiger partial charge in [0.15, 0.2) is 0 Å². The lowest BCUT2D eigenvalue weighted by molar-refractivity contribution is 0.494. The normalized spacial score (nSPS) is 14.1. The molecule has 2 aromatic carbocycles. The molecular formula is C17H19ClFN. The van der Waals surface area contributed by atoms with Gasteiger partial charge in [-0.2, -0.15) is 0 Å². The SMILES string of the molecule is Cc1ccc([C@@H](C)NC(C)c2ccc(F)c(Cl)c2)cc1. The van der Waals surface area contributed by atoms with Crippen LogP contribution < -0.4 is 5.32 Å². The fourth-order valence-corrected chi connectivity index (χ4v) is 2.39. The third kappa shape index (κ3) is 3.59. The van der Waals surface area contributed by atoms with E-state index in [1.165, 1.54) is 17.2 Å². The van der Waals surface area contributed by atoms with E-state index in [-0.39, 0.29) is 22.9 Å². The predicted octanol–water partition coefficient (Wildman–Crippen LogP) is 5.20. The fraction of sp³-hybridized carbons (Fsp3) is 0.294. The van der Waals surface area contributed by atoms with Gasteiger partial charge in [-0.25, -0.2) is 4.39 Å². The number of hydrogen-bond acceptors (Lipinski definition) is 1. The van der Waals surface area contributed by atoms with Crippen molar-refractivity contribution in [2.24, 2.45) is 0 Å². The summed E-state index contributed by atoms with van der Waals surface area (Å²) in [7, 11) is 0.